The molecule has 9 rings (SSSR count). The van der Waals surface area contributed by atoms with Crippen LogP contribution in [-0.2, 0) is 28.7 Å². The van der Waals surface area contributed by atoms with Crippen LogP contribution in [0.3, 0.4) is 0 Å². The van der Waals surface area contributed by atoms with Crippen molar-refractivity contribution in [3.8, 4) is 11.5 Å². The van der Waals surface area contributed by atoms with Crippen molar-refractivity contribution in [1.29, 1.82) is 0 Å². The molecule has 1 aromatic heterocycles. The van der Waals surface area contributed by atoms with Crippen LogP contribution in [0.5, 0.6) is 11.5 Å². The molecule has 1 amide bonds. The molecule has 7 aliphatic rings. The molecule has 3 aliphatic heterocycles. The number of rotatable bonds is 11. The summed E-state index contributed by atoms with van der Waals surface area (Å²) in [5.74, 6) is 1.66. The molecule has 2 aromatic rings. The average Bonchev–Trinajstić information content (AvgIpc) is 4.18. The Hall–Kier alpha value is -3.54. The van der Waals surface area contributed by atoms with Crippen LogP contribution in [0.1, 0.15) is 108 Å². The number of pyridine rings is 1. The molecule has 0 N–H and O–H groups in total. The molecule has 0 spiro atoms. The fraction of sp³-hybridized carbons (Fsp3) is 0.674. The van der Waals surface area contributed by atoms with Crippen LogP contribution in [0.2, 0.25) is 5.02 Å². The van der Waals surface area contributed by atoms with Crippen LogP contribution in [0.15, 0.2) is 30.4 Å². The summed E-state index contributed by atoms with van der Waals surface area (Å²) < 4.78 is 24.5. The van der Waals surface area contributed by atoms with E-state index >= 15 is 0 Å². The smallest absolute Gasteiger partial charge is 0.306 e. The molecule has 4 saturated carbocycles. The van der Waals surface area contributed by atoms with Crippen molar-refractivity contribution in [1.82, 2.24) is 14.8 Å². The highest BCUT2D eigenvalue weighted by atomic mass is 35.5. The average molecular weight is 816 g/mol. The highest BCUT2D eigenvalue weighted by Gasteiger charge is 2.58. The van der Waals surface area contributed by atoms with E-state index < -0.39 is 23.5 Å². The minimum atomic E-state index is -0.768. The molecular weight excluding hydrogens is 758 g/mol. The predicted molar refractivity (Wildman–Crippen MR) is 218 cm³/mol. The molecule has 11 nitrogen and oxygen atoms in total. The second-order valence-corrected chi connectivity index (χ2v) is 18.7. The quantitative estimate of drug-likeness (QED) is 0.169. The van der Waals surface area contributed by atoms with Gasteiger partial charge in [0, 0.05) is 66.9 Å². The van der Waals surface area contributed by atoms with E-state index in [1.165, 1.54) is 6.42 Å². The molecule has 4 aliphatic carbocycles. The molecule has 7 atom stereocenters. The highest BCUT2D eigenvalue weighted by Crippen LogP contribution is 2.57. The standard InChI is InChI=1S/C46H58ClN3O8/c1-28(51)46-25-33(46)8-6-4-2-3-5-7-30(22-42(53)58-34-20-31-19-32(31)21-34)45(54)50-27-35(23-38(50)39(52)26-46)57-41-24-37(29-9-10-29)48-44-36(41)11-12-40(43(44)47)56-18-15-49-13-16-55-17-14-49/h6,8,11-12,24,29-35,38H,2-5,7,9-10,13-23,25-27H2,1H3/b8-6-/t30-,31?,32?,33-,34?,35-,38+,46+/m1/s1. The molecule has 2 unspecified atom stereocenters. The number of aromatic nitrogens is 1. The topological polar surface area (TPSA) is 125 Å². The molecule has 1 aromatic carbocycles. The summed E-state index contributed by atoms with van der Waals surface area (Å²) in [7, 11) is 0. The lowest BCUT2D eigenvalue weighted by molar-refractivity contribution is -0.154. The van der Waals surface area contributed by atoms with Gasteiger partial charge in [0.15, 0.2) is 5.78 Å². The van der Waals surface area contributed by atoms with Crippen molar-refractivity contribution in [2.75, 3.05) is 46.0 Å². The fourth-order valence-electron chi connectivity index (χ4n) is 10.3. The Morgan fingerprint density at radius 1 is 0.983 bits per heavy atom. The largest absolute Gasteiger partial charge is 0.491 e. The van der Waals surface area contributed by atoms with Crippen LogP contribution in [-0.4, -0.2) is 102 Å². The Balaban J connectivity index is 0.970. The van der Waals surface area contributed by atoms with E-state index in [0.29, 0.717) is 65.7 Å². The molecule has 58 heavy (non-hydrogen) atoms. The minimum Gasteiger partial charge on any atom is -0.491 e. The number of benzene rings is 1. The van der Waals surface area contributed by atoms with E-state index in [0.717, 1.165) is 95.3 Å². The summed E-state index contributed by atoms with van der Waals surface area (Å²) in [5, 5.41) is 1.17. The lowest BCUT2D eigenvalue weighted by atomic mass is 9.88. The van der Waals surface area contributed by atoms with Gasteiger partial charge < -0.3 is 23.8 Å². The second-order valence-electron chi connectivity index (χ2n) is 18.4. The molecule has 6 fully saturated rings. The predicted octanol–water partition coefficient (Wildman–Crippen LogP) is 7.25. The van der Waals surface area contributed by atoms with E-state index in [1.807, 2.05) is 18.2 Å². The van der Waals surface area contributed by atoms with Gasteiger partial charge in [-0.05, 0) is 94.6 Å². The number of fused-ring (bicyclic) bond motifs is 4. The molecule has 312 valence electrons. The van der Waals surface area contributed by atoms with E-state index in [9.17, 15) is 19.2 Å². The zero-order valence-electron chi connectivity index (χ0n) is 33.8. The Morgan fingerprint density at radius 3 is 2.57 bits per heavy atom. The third kappa shape index (κ3) is 8.69. The summed E-state index contributed by atoms with van der Waals surface area (Å²) in [5.41, 5.74) is 0.787. The first-order chi connectivity index (χ1) is 28.1. The van der Waals surface area contributed by atoms with Crippen molar-refractivity contribution < 1.29 is 38.1 Å². The van der Waals surface area contributed by atoms with Gasteiger partial charge >= 0.3 is 5.97 Å². The number of esters is 1. The lowest BCUT2D eigenvalue weighted by Gasteiger charge is -2.29. The molecule has 12 heteroatoms. The van der Waals surface area contributed by atoms with Crippen LogP contribution >= 0.6 is 11.6 Å². The second kappa shape index (κ2) is 16.8. The molecule has 4 heterocycles. The van der Waals surface area contributed by atoms with Crippen LogP contribution < -0.4 is 9.47 Å². The number of halogens is 1. The first-order valence-corrected chi connectivity index (χ1v) is 22.5. The number of carbonyl (C=O) groups is 4. The number of carbonyl (C=O) groups excluding carboxylic acids is 4. The molecule has 0 radical (unpaired) electrons. The van der Waals surface area contributed by atoms with Crippen molar-refractivity contribution in [3.63, 3.8) is 0 Å². The van der Waals surface area contributed by atoms with Gasteiger partial charge in [0.2, 0.25) is 5.91 Å². The third-order valence-electron chi connectivity index (χ3n) is 14.2. The number of morpholine rings is 1. The summed E-state index contributed by atoms with van der Waals surface area (Å²) in [6.07, 6.45) is 14.0. The summed E-state index contributed by atoms with van der Waals surface area (Å²) in [6.45, 7) is 6.25. The minimum absolute atomic E-state index is 0.00204. The zero-order valence-corrected chi connectivity index (χ0v) is 34.6. The van der Waals surface area contributed by atoms with Crippen LogP contribution in [0.25, 0.3) is 10.9 Å². The van der Waals surface area contributed by atoms with Gasteiger partial charge in [-0.3, -0.25) is 29.1 Å². The van der Waals surface area contributed by atoms with Gasteiger partial charge in [-0.2, -0.15) is 0 Å². The van der Waals surface area contributed by atoms with Crippen molar-refractivity contribution in [2.24, 2.45) is 29.1 Å². The molecule has 2 saturated heterocycles. The van der Waals surface area contributed by atoms with Gasteiger partial charge in [-0.1, -0.05) is 36.6 Å². The van der Waals surface area contributed by atoms with Crippen LogP contribution in [0.4, 0.5) is 0 Å². The van der Waals surface area contributed by atoms with Gasteiger partial charge in [0.25, 0.3) is 0 Å². The summed E-state index contributed by atoms with van der Waals surface area (Å²) >= 11 is 7.05. The van der Waals surface area contributed by atoms with E-state index in [1.54, 1.807) is 11.8 Å². The number of ether oxygens (including phenoxy) is 4. The number of hydrogen-bond donors (Lipinski definition) is 0. The lowest BCUT2D eigenvalue weighted by Crippen LogP contribution is -2.45. The zero-order chi connectivity index (χ0) is 40.0. The van der Waals surface area contributed by atoms with Gasteiger partial charge in [-0.25, -0.2) is 0 Å². The van der Waals surface area contributed by atoms with Crippen molar-refractivity contribution in [3.05, 3.63) is 41.1 Å². The van der Waals surface area contributed by atoms with Gasteiger partial charge in [-0.15, -0.1) is 0 Å². The Morgan fingerprint density at radius 2 is 1.79 bits per heavy atom. The summed E-state index contributed by atoms with van der Waals surface area (Å²) in [4.78, 5) is 64.8. The highest BCUT2D eigenvalue weighted by molar-refractivity contribution is 6.36. The Labute approximate surface area is 346 Å². The monoisotopic (exact) mass is 815 g/mol. The van der Waals surface area contributed by atoms with Crippen molar-refractivity contribution >= 4 is 45.9 Å². The maximum absolute atomic E-state index is 14.8. The maximum atomic E-state index is 14.8. The van der Waals surface area contributed by atoms with E-state index in [-0.39, 0.29) is 54.9 Å². The normalized spacial score (nSPS) is 33.3. The van der Waals surface area contributed by atoms with Gasteiger partial charge in [0.1, 0.15) is 41.1 Å². The molecule has 0 bridgehead atoms. The Bertz CT molecular complexity index is 1930. The molecular formula is C46H58ClN3O8. The number of amides is 1. The number of allylic oxidation sites excluding steroid dienone is 2. The first-order valence-electron chi connectivity index (χ1n) is 22.1. The van der Waals surface area contributed by atoms with E-state index in [4.69, 9.17) is 35.5 Å². The van der Waals surface area contributed by atoms with Crippen molar-refractivity contribution in [2.45, 2.75) is 121 Å². The first kappa shape index (κ1) is 39.9. The number of Topliss-reactive ketones (excluding diaryl/α,β-unsaturated/α-hetero) is 2. The SMILES string of the molecule is CC(=O)[C@]12CC(=O)[C@@H]3C[C@@H](Oc4cc(C5CC5)nc5c(Cl)c(OCCN6CCOCC6)ccc45)CN3C(=O)[C@@H](CC(=O)OC3CC4CC4C3)CCCCC/C=C\[C@@H]1C2. The van der Waals surface area contributed by atoms with Gasteiger partial charge in [0.05, 0.1) is 37.7 Å². The third-order valence-corrected chi connectivity index (χ3v) is 14.6. The summed E-state index contributed by atoms with van der Waals surface area (Å²) in [6, 6.07) is 5.02. The van der Waals surface area contributed by atoms with E-state index in [2.05, 4.69) is 17.1 Å². The number of hydrogen-bond acceptors (Lipinski definition) is 10. The Kier molecular flexibility index (Phi) is 11.6. The maximum Gasteiger partial charge on any atom is 0.306 e. The van der Waals surface area contributed by atoms with Crippen LogP contribution in [0, 0.1) is 29.1 Å². The number of ketones is 2. The number of nitrogens with zero attached hydrogens (tertiary/aromatic N) is 3. The fourth-order valence-corrected chi connectivity index (χ4v) is 10.6.